The number of aromatic amines is 1. The van der Waals surface area contributed by atoms with E-state index in [0.29, 0.717) is 5.65 Å². The van der Waals surface area contributed by atoms with Crippen molar-refractivity contribution < 1.29 is 4.74 Å². The van der Waals surface area contributed by atoms with Gasteiger partial charge in [-0.25, -0.2) is 0 Å². The Hall–Kier alpha value is -1.93. The summed E-state index contributed by atoms with van der Waals surface area (Å²) in [5.74, 6) is 1.17. The van der Waals surface area contributed by atoms with Crippen molar-refractivity contribution in [2.75, 3.05) is 50.5 Å². The predicted molar refractivity (Wildman–Crippen MR) is 88.3 cm³/mol. The molecule has 2 aromatic rings. The zero-order valence-corrected chi connectivity index (χ0v) is 13.5. The van der Waals surface area contributed by atoms with Gasteiger partial charge in [0.15, 0.2) is 5.65 Å². The average Bonchev–Trinajstić information content (AvgIpc) is 2.97. The summed E-state index contributed by atoms with van der Waals surface area (Å²) in [6.07, 6.45) is 5.09. The van der Waals surface area contributed by atoms with Crippen LogP contribution >= 0.6 is 0 Å². The van der Waals surface area contributed by atoms with Gasteiger partial charge in [0.25, 0.3) is 0 Å². The van der Waals surface area contributed by atoms with Crippen LogP contribution in [0.15, 0.2) is 6.20 Å². The number of H-pyrrole nitrogens is 1. The van der Waals surface area contributed by atoms with Crippen molar-refractivity contribution >= 4 is 22.8 Å². The number of ether oxygens (including phenoxy) is 1. The van der Waals surface area contributed by atoms with Crippen LogP contribution in [0.25, 0.3) is 11.0 Å². The van der Waals surface area contributed by atoms with Crippen molar-refractivity contribution in [3.05, 3.63) is 6.20 Å². The number of nitrogens with one attached hydrogen (secondary N) is 1. The summed E-state index contributed by atoms with van der Waals surface area (Å²) in [6.45, 7) is 4.60. The lowest BCUT2D eigenvalue weighted by Gasteiger charge is -2.43. The second kappa shape index (κ2) is 5.61. The third-order valence-electron chi connectivity index (χ3n) is 5.39. The van der Waals surface area contributed by atoms with Gasteiger partial charge in [0.05, 0.1) is 11.6 Å². The molecule has 2 aromatic heterocycles. The van der Waals surface area contributed by atoms with Crippen LogP contribution in [0.4, 0.5) is 11.8 Å². The Morgan fingerprint density at radius 1 is 1.17 bits per heavy atom. The van der Waals surface area contributed by atoms with Gasteiger partial charge in [-0.1, -0.05) is 0 Å². The first-order chi connectivity index (χ1) is 11.2. The number of fused-ring (bicyclic) bond motifs is 1. The molecule has 0 saturated carbocycles. The Kier molecular flexibility index (Phi) is 3.57. The number of hydrogen-bond donors (Lipinski definition) is 2. The van der Waals surface area contributed by atoms with Crippen molar-refractivity contribution in [2.45, 2.75) is 24.8 Å². The van der Waals surface area contributed by atoms with Crippen LogP contribution in [0.2, 0.25) is 0 Å². The first-order valence-corrected chi connectivity index (χ1v) is 8.18. The van der Waals surface area contributed by atoms with Crippen LogP contribution in [-0.2, 0) is 4.74 Å². The number of aromatic nitrogens is 4. The SMILES string of the molecule is CN1CCN(c2nc(N)nc3[nH]ncc23)CCC12CCOCC2. The Labute approximate surface area is 135 Å². The topological polar surface area (TPSA) is 96.2 Å². The summed E-state index contributed by atoms with van der Waals surface area (Å²) >= 11 is 0. The van der Waals surface area contributed by atoms with Crippen molar-refractivity contribution in [1.29, 1.82) is 0 Å². The predicted octanol–water partition coefficient (Wildman–Crippen LogP) is 0.626. The summed E-state index contributed by atoms with van der Waals surface area (Å²) in [6, 6.07) is 0. The van der Waals surface area contributed by atoms with Crippen LogP contribution in [0.1, 0.15) is 19.3 Å². The van der Waals surface area contributed by atoms with E-state index in [4.69, 9.17) is 10.5 Å². The first-order valence-electron chi connectivity index (χ1n) is 8.18. The van der Waals surface area contributed by atoms with Gasteiger partial charge >= 0.3 is 0 Å². The smallest absolute Gasteiger partial charge is 0.224 e. The minimum atomic E-state index is 0.251. The van der Waals surface area contributed by atoms with Crippen LogP contribution in [0.5, 0.6) is 0 Å². The van der Waals surface area contributed by atoms with Crippen LogP contribution < -0.4 is 10.6 Å². The van der Waals surface area contributed by atoms with Gasteiger partial charge in [-0.15, -0.1) is 0 Å². The third kappa shape index (κ3) is 2.51. The molecular weight excluding hydrogens is 294 g/mol. The number of nitrogens with zero attached hydrogens (tertiary/aromatic N) is 5. The fraction of sp³-hybridized carbons (Fsp3) is 0.667. The van der Waals surface area contributed by atoms with Gasteiger partial charge in [-0.05, 0) is 26.3 Å². The highest BCUT2D eigenvalue weighted by atomic mass is 16.5. The maximum absolute atomic E-state index is 5.87. The fourth-order valence-electron chi connectivity index (χ4n) is 3.83. The van der Waals surface area contributed by atoms with E-state index in [0.717, 1.165) is 63.3 Å². The van der Waals surface area contributed by atoms with Gasteiger partial charge < -0.3 is 15.4 Å². The zero-order valence-electron chi connectivity index (χ0n) is 13.5. The molecule has 3 N–H and O–H groups in total. The summed E-state index contributed by atoms with van der Waals surface area (Å²) in [4.78, 5) is 13.5. The Bertz CT molecular complexity index is 694. The zero-order chi connectivity index (χ0) is 15.9. The van der Waals surface area contributed by atoms with Crippen LogP contribution in [0.3, 0.4) is 0 Å². The molecule has 0 bridgehead atoms. The van der Waals surface area contributed by atoms with Gasteiger partial charge in [0.1, 0.15) is 5.82 Å². The molecule has 23 heavy (non-hydrogen) atoms. The fourth-order valence-corrected chi connectivity index (χ4v) is 3.83. The van der Waals surface area contributed by atoms with E-state index in [1.54, 1.807) is 6.20 Å². The number of rotatable bonds is 1. The lowest BCUT2D eigenvalue weighted by Crippen LogP contribution is -2.50. The molecule has 0 radical (unpaired) electrons. The Morgan fingerprint density at radius 3 is 2.83 bits per heavy atom. The van der Waals surface area contributed by atoms with E-state index >= 15 is 0 Å². The highest BCUT2D eigenvalue weighted by molar-refractivity contribution is 5.87. The molecule has 4 rings (SSSR count). The van der Waals surface area contributed by atoms with Gasteiger partial charge in [-0.3, -0.25) is 10.00 Å². The lowest BCUT2D eigenvalue weighted by molar-refractivity contribution is -0.0157. The summed E-state index contributed by atoms with van der Waals surface area (Å²) in [5, 5.41) is 7.90. The molecule has 2 aliphatic rings. The minimum Gasteiger partial charge on any atom is -0.381 e. The molecule has 8 nitrogen and oxygen atoms in total. The molecular formula is C15H23N7O. The average molecular weight is 317 g/mol. The molecule has 0 unspecified atom stereocenters. The molecule has 0 aliphatic carbocycles. The monoisotopic (exact) mass is 317 g/mol. The Morgan fingerprint density at radius 2 is 2.00 bits per heavy atom. The standard InChI is InChI=1S/C15H23N7O/c1-21-6-7-22(5-2-15(21)3-8-23-9-4-15)13-11-10-17-20-12(11)18-14(16)19-13/h10H,2-9H2,1H3,(H3,16,17,18,19,20). The van der Waals surface area contributed by atoms with E-state index in [-0.39, 0.29) is 11.5 Å². The number of anilines is 2. The highest BCUT2D eigenvalue weighted by Crippen LogP contribution is 2.34. The van der Waals surface area contributed by atoms with Crippen molar-refractivity contribution in [2.24, 2.45) is 0 Å². The van der Waals surface area contributed by atoms with E-state index in [9.17, 15) is 0 Å². The second-order valence-corrected chi connectivity index (χ2v) is 6.53. The van der Waals surface area contributed by atoms with Crippen molar-refractivity contribution in [3.8, 4) is 0 Å². The van der Waals surface area contributed by atoms with E-state index < -0.39 is 0 Å². The molecule has 1 spiro atoms. The van der Waals surface area contributed by atoms with Crippen molar-refractivity contribution in [1.82, 2.24) is 25.1 Å². The first kappa shape index (κ1) is 14.6. The molecule has 2 saturated heterocycles. The summed E-state index contributed by atoms with van der Waals surface area (Å²) < 4.78 is 5.57. The summed E-state index contributed by atoms with van der Waals surface area (Å²) in [7, 11) is 2.23. The summed E-state index contributed by atoms with van der Waals surface area (Å²) in [5.41, 5.74) is 6.82. The quantitative estimate of drug-likeness (QED) is 0.796. The molecule has 2 aliphatic heterocycles. The number of nitrogens with two attached hydrogens (primary N) is 1. The molecule has 0 aromatic carbocycles. The minimum absolute atomic E-state index is 0.251. The van der Waals surface area contributed by atoms with Gasteiger partial charge in [-0.2, -0.15) is 15.1 Å². The molecule has 0 amide bonds. The lowest BCUT2D eigenvalue weighted by atomic mass is 9.85. The molecule has 4 heterocycles. The maximum atomic E-state index is 5.87. The van der Waals surface area contributed by atoms with Crippen LogP contribution in [-0.4, -0.2) is 70.5 Å². The van der Waals surface area contributed by atoms with Crippen LogP contribution in [0, 0.1) is 0 Å². The normalized spacial score (nSPS) is 22.6. The maximum Gasteiger partial charge on any atom is 0.224 e. The van der Waals surface area contributed by atoms with Gasteiger partial charge in [0.2, 0.25) is 5.95 Å². The molecule has 124 valence electrons. The molecule has 2 fully saturated rings. The number of likely N-dealkylation sites (N-methyl/N-ethyl adjacent to an activating group) is 1. The van der Waals surface area contributed by atoms with E-state index in [2.05, 4.69) is 37.0 Å². The van der Waals surface area contributed by atoms with Gasteiger partial charge in [0, 0.05) is 38.4 Å². The Balaban J connectivity index is 1.64. The largest absolute Gasteiger partial charge is 0.381 e. The molecule has 8 heteroatoms. The van der Waals surface area contributed by atoms with E-state index in [1.807, 2.05) is 0 Å². The third-order valence-corrected chi connectivity index (χ3v) is 5.39. The molecule has 0 atom stereocenters. The highest BCUT2D eigenvalue weighted by Gasteiger charge is 2.38. The second-order valence-electron chi connectivity index (χ2n) is 6.53. The number of hydrogen-bond acceptors (Lipinski definition) is 7. The number of nitrogen functional groups attached to an aromatic ring is 1. The van der Waals surface area contributed by atoms with Crippen molar-refractivity contribution in [3.63, 3.8) is 0 Å². The van der Waals surface area contributed by atoms with E-state index in [1.165, 1.54) is 0 Å².